The lowest BCUT2D eigenvalue weighted by atomic mass is 9.96. The van der Waals surface area contributed by atoms with Gasteiger partial charge in [-0.15, -0.1) is 10.2 Å². The molecule has 1 aliphatic rings. The minimum Gasteiger partial charge on any atom is -0.505 e. The van der Waals surface area contributed by atoms with Crippen LogP contribution in [0.15, 0.2) is 131 Å². The molecule has 3 aromatic heterocycles. The Bertz CT molecular complexity index is 2410. The van der Waals surface area contributed by atoms with Crippen molar-refractivity contribution in [3.63, 3.8) is 0 Å². The van der Waals surface area contributed by atoms with E-state index in [1.54, 1.807) is 41.8 Å². The van der Waals surface area contributed by atoms with Gasteiger partial charge in [0, 0.05) is 11.9 Å². The first-order valence-corrected chi connectivity index (χ1v) is 17.3. The van der Waals surface area contributed by atoms with Crippen molar-refractivity contribution in [2.45, 2.75) is 23.1 Å². The number of amides is 1. The van der Waals surface area contributed by atoms with Crippen LogP contribution in [0.4, 0.5) is 5.13 Å². The number of ketones is 1. The van der Waals surface area contributed by atoms with Crippen LogP contribution in [0.2, 0.25) is 0 Å². The first kappa shape index (κ1) is 30.5. The minimum absolute atomic E-state index is 0.0734. The number of anilines is 1. The molecular formula is C38H27N5O4S2. The van der Waals surface area contributed by atoms with E-state index >= 15 is 0 Å². The van der Waals surface area contributed by atoms with E-state index in [0.717, 1.165) is 16.3 Å². The molecule has 1 amide bonds. The topological polar surface area (TPSA) is 110 Å². The number of rotatable bonds is 8. The largest absolute Gasteiger partial charge is 0.505 e. The molecule has 49 heavy (non-hydrogen) atoms. The summed E-state index contributed by atoms with van der Waals surface area (Å²) in [6, 6.07) is 35.3. The monoisotopic (exact) mass is 681 g/mol. The lowest BCUT2D eigenvalue weighted by Gasteiger charge is -2.23. The first-order chi connectivity index (χ1) is 24.0. The average Bonchev–Trinajstić information content (AvgIpc) is 3.80. The van der Waals surface area contributed by atoms with Crippen molar-refractivity contribution in [1.82, 2.24) is 19.6 Å². The molecule has 1 saturated heterocycles. The molecule has 1 aliphatic heterocycles. The Hall–Kier alpha value is -5.78. The van der Waals surface area contributed by atoms with Crippen LogP contribution < -0.4 is 9.64 Å². The van der Waals surface area contributed by atoms with Gasteiger partial charge in [0.25, 0.3) is 5.78 Å². The van der Waals surface area contributed by atoms with Crippen LogP contribution in [-0.4, -0.2) is 36.4 Å². The lowest BCUT2D eigenvalue weighted by molar-refractivity contribution is -0.132. The van der Waals surface area contributed by atoms with Crippen LogP contribution in [0, 0.1) is 6.92 Å². The fourth-order valence-corrected chi connectivity index (χ4v) is 8.03. The number of carbonyl (C=O) groups excluding carboxylic acids is 2. The molecule has 11 heteroatoms. The Morgan fingerprint density at radius 3 is 2.51 bits per heavy atom. The van der Waals surface area contributed by atoms with Gasteiger partial charge in [0.2, 0.25) is 5.13 Å². The zero-order valence-corrected chi connectivity index (χ0v) is 27.7. The molecule has 240 valence electrons. The second kappa shape index (κ2) is 12.7. The Balaban J connectivity index is 1.21. The highest BCUT2D eigenvalue weighted by Crippen LogP contribution is 2.45. The second-order valence-electron chi connectivity index (χ2n) is 11.4. The second-order valence-corrected chi connectivity index (χ2v) is 13.6. The van der Waals surface area contributed by atoms with Gasteiger partial charge >= 0.3 is 5.91 Å². The zero-order valence-electron chi connectivity index (χ0n) is 26.1. The van der Waals surface area contributed by atoms with Gasteiger partial charge < -0.3 is 9.84 Å². The third-order valence-corrected chi connectivity index (χ3v) is 10.5. The number of Topliss-reactive ketones (excluding diaryl/α,β-unsaturated/α-hetero) is 1. The molecule has 0 bridgehead atoms. The van der Waals surface area contributed by atoms with Gasteiger partial charge in [-0.25, -0.2) is 4.98 Å². The van der Waals surface area contributed by atoms with E-state index in [4.69, 9.17) is 4.74 Å². The maximum atomic E-state index is 14.0. The Kier molecular flexibility index (Phi) is 7.90. The van der Waals surface area contributed by atoms with Crippen LogP contribution >= 0.6 is 23.1 Å². The van der Waals surface area contributed by atoms with Crippen molar-refractivity contribution in [2.24, 2.45) is 0 Å². The number of imidazole rings is 1. The number of hydrogen-bond acceptors (Lipinski definition) is 9. The number of carbonyl (C=O) groups is 2. The van der Waals surface area contributed by atoms with Crippen molar-refractivity contribution in [2.75, 3.05) is 4.90 Å². The van der Waals surface area contributed by atoms with E-state index in [-0.39, 0.29) is 16.5 Å². The molecule has 9 nitrogen and oxygen atoms in total. The molecule has 1 fully saturated rings. The number of hydrogen-bond donors (Lipinski definition) is 1. The fourth-order valence-electron chi connectivity index (χ4n) is 6.16. The van der Waals surface area contributed by atoms with Gasteiger partial charge in [0.1, 0.15) is 22.8 Å². The summed E-state index contributed by atoms with van der Waals surface area (Å²) in [7, 11) is 0. The predicted molar refractivity (Wildman–Crippen MR) is 191 cm³/mol. The van der Waals surface area contributed by atoms with Gasteiger partial charge in [-0.2, -0.15) is 0 Å². The predicted octanol–water partition coefficient (Wildman–Crippen LogP) is 8.36. The maximum absolute atomic E-state index is 14.0. The van der Waals surface area contributed by atoms with Crippen molar-refractivity contribution in [3.8, 4) is 11.5 Å². The molecular weight excluding hydrogens is 655 g/mol. The standard InChI is InChI=1S/C38H27N5O4S2/c1-23-32(42-20-8-7-19-30(42)39-23)34(44)31-33(25-13-10-17-28(21-25)47-27-15-3-2-4-16-27)43(36(46)35(31)45)37-40-41-38(49-37)48-22-26-14-9-12-24-11-5-6-18-29(24)26/h2-21,33,44H,22H2,1H3/b34-31+. The van der Waals surface area contributed by atoms with E-state index in [2.05, 4.69) is 39.4 Å². The normalized spacial score (nSPS) is 15.8. The Labute approximate surface area is 289 Å². The number of aliphatic hydroxyl groups is 1. The maximum Gasteiger partial charge on any atom is 0.301 e. The van der Waals surface area contributed by atoms with Gasteiger partial charge in [-0.05, 0) is 65.2 Å². The summed E-state index contributed by atoms with van der Waals surface area (Å²) in [5.41, 5.74) is 3.08. The third-order valence-electron chi connectivity index (χ3n) is 8.36. The highest BCUT2D eigenvalue weighted by atomic mass is 32.2. The number of para-hydroxylation sites is 1. The summed E-state index contributed by atoms with van der Waals surface area (Å²) in [5, 5.41) is 23.3. The Morgan fingerprint density at radius 2 is 1.63 bits per heavy atom. The van der Waals surface area contributed by atoms with Crippen LogP contribution in [-0.2, 0) is 15.3 Å². The number of thioether (sulfide) groups is 1. The number of aromatic nitrogens is 4. The number of pyridine rings is 1. The lowest BCUT2D eigenvalue weighted by Crippen LogP contribution is -2.29. The highest BCUT2D eigenvalue weighted by molar-refractivity contribution is 8.00. The molecule has 8 rings (SSSR count). The average molecular weight is 682 g/mol. The fraction of sp³-hybridized carbons (Fsp3) is 0.0789. The van der Waals surface area contributed by atoms with Crippen molar-refractivity contribution >= 4 is 62.1 Å². The number of nitrogens with zero attached hydrogens (tertiary/aromatic N) is 5. The molecule has 1 N–H and O–H groups in total. The summed E-state index contributed by atoms with van der Waals surface area (Å²) < 4.78 is 8.46. The number of fused-ring (bicyclic) bond motifs is 2. The van der Waals surface area contributed by atoms with Crippen molar-refractivity contribution < 1.29 is 19.4 Å². The van der Waals surface area contributed by atoms with Crippen molar-refractivity contribution in [1.29, 1.82) is 0 Å². The third kappa shape index (κ3) is 5.62. The van der Waals surface area contributed by atoms with Crippen molar-refractivity contribution in [3.05, 3.63) is 150 Å². The van der Waals surface area contributed by atoms with E-state index in [9.17, 15) is 14.7 Å². The van der Waals surface area contributed by atoms with Gasteiger partial charge in [0.05, 0.1) is 17.3 Å². The molecule has 1 unspecified atom stereocenters. The zero-order chi connectivity index (χ0) is 33.5. The molecule has 4 aromatic carbocycles. The van der Waals surface area contributed by atoms with E-state index in [0.29, 0.717) is 44.2 Å². The Morgan fingerprint density at radius 1 is 0.878 bits per heavy atom. The number of benzene rings is 4. The molecule has 4 heterocycles. The van der Waals surface area contributed by atoms with E-state index in [1.165, 1.54) is 28.0 Å². The van der Waals surface area contributed by atoms with Gasteiger partial charge in [-0.1, -0.05) is 102 Å². The van der Waals surface area contributed by atoms with Crippen LogP contribution in [0.1, 0.15) is 28.6 Å². The molecule has 0 saturated carbocycles. The highest BCUT2D eigenvalue weighted by Gasteiger charge is 2.49. The first-order valence-electron chi connectivity index (χ1n) is 15.5. The molecule has 0 radical (unpaired) electrons. The minimum atomic E-state index is -1.02. The van der Waals surface area contributed by atoms with Crippen LogP contribution in [0.3, 0.4) is 0 Å². The molecule has 0 aliphatic carbocycles. The summed E-state index contributed by atoms with van der Waals surface area (Å²) in [6.07, 6.45) is 1.76. The number of aliphatic hydroxyl groups excluding tert-OH is 1. The van der Waals surface area contributed by atoms with Crippen LogP contribution in [0.25, 0.3) is 22.2 Å². The van der Waals surface area contributed by atoms with Gasteiger partial charge in [0.15, 0.2) is 10.1 Å². The van der Waals surface area contributed by atoms with Crippen LogP contribution in [0.5, 0.6) is 11.5 Å². The summed E-state index contributed by atoms with van der Waals surface area (Å²) >= 11 is 2.73. The number of aryl methyl sites for hydroxylation is 1. The summed E-state index contributed by atoms with van der Waals surface area (Å²) in [6.45, 7) is 1.76. The summed E-state index contributed by atoms with van der Waals surface area (Å²) in [4.78, 5) is 33.8. The molecule has 0 spiro atoms. The SMILES string of the molecule is Cc1nc2ccccn2c1/C(O)=C1\C(=O)C(=O)N(c2nnc(SCc3cccc4ccccc34)s2)C1c1cccc(Oc2ccccc2)c1. The smallest absolute Gasteiger partial charge is 0.301 e. The van der Waals surface area contributed by atoms with E-state index in [1.807, 2.05) is 66.7 Å². The quantitative estimate of drug-likeness (QED) is 0.0560. The van der Waals surface area contributed by atoms with Gasteiger partial charge in [-0.3, -0.25) is 18.9 Å². The summed E-state index contributed by atoms with van der Waals surface area (Å²) in [5.74, 6) is -0.191. The van der Waals surface area contributed by atoms with E-state index < -0.39 is 17.7 Å². The molecule has 7 aromatic rings. The molecule has 1 atom stereocenters. The number of ether oxygens (including phenoxy) is 1.